The molecule has 0 aliphatic rings. The van der Waals surface area contributed by atoms with Crippen LogP contribution in [-0.4, -0.2) is 29.6 Å². The standard InChI is InChI=1S/C10H10O5/c1-15-10(14)9(13)8-3-2-7(12)4-6(8)5-11/h2-5,9,12-13H,1H3. The monoisotopic (exact) mass is 210 g/mol. The number of aldehydes is 1. The Morgan fingerprint density at radius 1 is 1.53 bits per heavy atom. The van der Waals surface area contributed by atoms with E-state index in [9.17, 15) is 14.7 Å². The molecule has 0 aromatic heterocycles. The molecule has 0 aliphatic heterocycles. The summed E-state index contributed by atoms with van der Waals surface area (Å²) in [5, 5.41) is 18.6. The summed E-state index contributed by atoms with van der Waals surface area (Å²) in [6.45, 7) is 0. The molecule has 0 fully saturated rings. The van der Waals surface area contributed by atoms with Crippen LogP contribution in [0.15, 0.2) is 18.2 Å². The van der Waals surface area contributed by atoms with Crippen molar-refractivity contribution in [1.82, 2.24) is 0 Å². The highest BCUT2D eigenvalue weighted by Crippen LogP contribution is 2.22. The first-order chi connectivity index (χ1) is 7.10. The fraction of sp³-hybridized carbons (Fsp3) is 0.200. The topological polar surface area (TPSA) is 83.8 Å². The molecule has 1 rings (SSSR count). The Morgan fingerprint density at radius 2 is 2.20 bits per heavy atom. The summed E-state index contributed by atoms with van der Waals surface area (Å²) in [5.74, 6) is -0.971. The molecule has 2 N–H and O–H groups in total. The number of hydrogen-bond acceptors (Lipinski definition) is 5. The number of aliphatic hydroxyl groups is 1. The second-order valence-electron chi connectivity index (χ2n) is 2.86. The largest absolute Gasteiger partial charge is 0.508 e. The first-order valence-electron chi connectivity index (χ1n) is 4.14. The van der Waals surface area contributed by atoms with Crippen LogP contribution in [-0.2, 0) is 9.53 Å². The first-order valence-corrected chi connectivity index (χ1v) is 4.14. The zero-order valence-electron chi connectivity index (χ0n) is 8.01. The number of rotatable bonds is 3. The molecule has 0 bridgehead atoms. The predicted octanol–water partition coefficient (Wildman–Crippen LogP) is 0.411. The Kier molecular flexibility index (Phi) is 3.41. The number of carbonyl (C=O) groups excluding carboxylic acids is 2. The minimum Gasteiger partial charge on any atom is -0.508 e. The molecule has 5 nitrogen and oxygen atoms in total. The molecule has 0 amide bonds. The zero-order valence-corrected chi connectivity index (χ0v) is 8.01. The maximum absolute atomic E-state index is 11.0. The number of methoxy groups -OCH3 is 1. The van der Waals surface area contributed by atoms with Crippen molar-refractivity contribution in [2.24, 2.45) is 0 Å². The van der Waals surface area contributed by atoms with Crippen molar-refractivity contribution in [3.05, 3.63) is 29.3 Å². The van der Waals surface area contributed by atoms with E-state index < -0.39 is 12.1 Å². The lowest BCUT2D eigenvalue weighted by atomic mass is 10.0. The van der Waals surface area contributed by atoms with Crippen LogP contribution in [0.2, 0.25) is 0 Å². The van der Waals surface area contributed by atoms with Crippen LogP contribution >= 0.6 is 0 Å². The van der Waals surface area contributed by atoms with Gasteiger partial charge in [-0.1, -0.05) is 6.07 Å². The SMILES string of the molecule is COC(=O)C(O)c1ccc(O)cc1C=O. The molecule has 1 aromatic carbocycles. The maximum Gasteiger partial charge on any atom is 0.339 e. The molecule has 0 spiro atoms. The number of phenolic OH excluding ortho intramolecular Hbond substituents is 1. The third kappa shape index (κ3) is 2.32. The summed E-state index contributed by atoms with van der Waals surface area (Å²) in [6.07, 6.45) is -1.07. The molecular weight excluding hydrogens is 200 g/mol. The van der Waals surface area contributed by atoms with Crippen LogP contribution in [0, 0.1) is 0 Å². The van der Waals surface area contributed by atoms with E-state index in [0.717, 1.165) is 13.2 Å². The van der Waals surface area contributed by atoms with Gasteiger partial charge in [-0.25, -0.2) is 4.79 Å². The van der Waals surface area contributed by atoms with Crippen molar-refractivity contribution >= 4 is 12.3 Å². The Morgan fingerprint density at radius 3 is 2.73 bits per heavy atom. The number of aromatic hydroxyl groups is 1. The van der Waals surface area contributed by atoms with Crippen LogP contribution in [0.1, 0.15) is 22.0 Å². The summed E-state index contributed by atoms with van der Waals surface area (Å²) in [7, 11) is 1.13. The van der Waals surface area contributed by atoms with Crippen molar-refractivity contribution in [2.45, 2.75) is 6.10 Å². The molecule has 15 heavy (non-hydrogen) atoms. The van der Waals surface area contributed by atoms with Gasteiger partial charge < -0.3 is 14.9 Å². The van der Waals surface area contributed by atoms with Crippen molar-refractivity contribution < 1.29 is 24.5 Å². The highest BCUT2D eigenvalue weighted by atomic mass is 16.5. The van der Waals surface area contributed by atoms with Crippen molar-refractivity contribution in [3.8, 4) is 5.75 Å². The molecule has 0 heterocycles. The fourth-order valence-electron chi connectivity index (χ4n) is 1.15. The van der Waals surface area contributed by atoms with Crippen LogP contribution in [0.3, 0.4) is 0 Å². The van der Waals surface area contributed by atoms with Crippen molar-refractivity contribution in [2.75, 3.05) is 7.11 Å². The lowest BCUT2D eigenvalue weighted by Crippen LogP contribution is -2.15. The van der Waals surface area contributed by atoms with E-state index in [1.54, 1.807) is 0 Å². The maximum atomic E-state index is 11.0. The molecule has 0 aliphatic carbocycles. The van der Waals surface area contributed by atoms with Crippen molar-refractivity contribution in [1.29, 1.82) is 0 Å². The van der Waals surface area contributed by atoms with E-state index in [4.69, 9.17) is 5.11 Å². The van der Waals surface area contributed by atoms with Gasteiger partial charge in [0.2, 0.25) is 0 Å². The van der Waals surface area contributed by atoms with E-state index >= 15 is 0 Å². The number of esters is 1. The van der Waals surface area contributed by atoms with Gasteiger partial charge in [0.15, 0.2) is 12.4 Å². The van der Waals surface area contributed by atoms with Crippen LogP contribution in [0.25, 0.3) is 0 Å². The summed E-state index contributed by atoms with van der Waals surface area (Å²) < 4.78 is 4.33. The minimum absolute atomic E-state index is 0.0490. The third-order valence-corrected chi connectivity index (χ3v) is 1.92. The molecular formula is C10H10O5. The number of carbonyl (C=O) groups is 2. The molecule has 1 unspecified atom stereocenters. The number of hydrogen-bond donors (Lipinski definition) is 2. The number of phenols is 1. The van der Waals surface area contributed by atoms with Crippen molar-refractivity contribution in [3.63, 3.8) is 0 Å². The average molecular weight is 210 g/mol. The van der Waals surface area contributed by atoms with Gasteiger partial charge in [-0.2, -0.15) is 0 Å². The van der Waals surface area contributed by atoms with Gasteiger partial charge in [-0.3, -0.25) is 4.79 Å². The smallest absolute Gasteiger partial charge is 0.339 e. The van der Waals surface area contributed by atoms with E-state index in [1.807, 2.05) is 0 Å². The lowest BCUT2D eigenvalue weighted by Gasteiger charge is -2.10. The Hall–Kier alpha value is -1.88. The summed E-state index contributed by atoms with van der Waals surface area (Å²) in [6, 6.07) is 3.73. The Balaban J connectivity index is 3.13. The average Bonchev–Trinajstić information content (AvgIpc) is 2.26. The van der Waals surface area contributed by atoms with Gasteiger partial charge in [0.1, 0.15) is 5.75 Å². The van der Waals surface area contributed by atoms with Gasteiger partial charge >= 0.3 is 5.97 Å². The third-order valence-electron chi connectivity index (χ3n) is 1.92. The molecule has 0 radical (unpaired) electrons. The molecule has 5 heteroatoms. The molecule has 1 atom stereocenters. The van der Waals surface area contributed by atoms with Gasteiger partial charge in [0.25, 0.3) is 0 Å². The molecule has 0 saturated carbocycles. The van der Waals surface area contributed by atoms with Crippen LogP contribution in [0.4, 0.5) is 0 Å². The Labute approximate surface area is 85.9 Å². The second kappa shape index (κ2) is 4.56. The number of benzene rings is 1. The normalized spacial score (nSPS) is 11.9. The van der Waals surface area contributed by atoms with Crippen LogP contribution in [0.5, 0.6) is 5.75 Å². The zero-order chi connectivity index (χ0) is 11.4. The molecule has 1 aromatic rings. The minimum atomic E-state index is -1.52. The van der Waals surface area contributed by atoms with Gasteiger partial charge in [0, 0.05) is 11.1 Å². The van der Waals surface area contributed by atoms with E-state index in [2.05, 4.69) is 4.74 Å². The Bertz CT molecular complexity index is 385. The van der Waals surface area contributed by atoms with Gasteiger partial charge in [-0.15, -0.1) is 0 Å². The van der Waals surface area contributed by atoms with E-state index in [-0.39, 0.29) is 16.9 Å². The summed E-state index contributed by atoms with van der Waals surface area (Å²) in [4.78, 5) is 21.6. The van der Waals surface area contributed by atoms with Gasteiger partial charge in [0.05, 0.1) is 7.11 Å². The number of ether oxygens (including phenoxy) is 1. The number of aliphatic hydroxyl groups excluding tert-OH is 1. The highest BCUT2D eigenvalue weighted by Gasteiger charge is 2.20. The lowest BCUT2D eigenvalue weighted by molar-refractivity contribution is -0.150. The van der Waals surface area contributed by atoms with E-state index in [0.29, 0.717) is 6.29 Å². The van der Waals surface area contributed by atoms with E-state index in [1.165, 1.54) is 12.1 Å². The fourth-order valence-corrected chi connectivity index (χ4v) is 1.15. The highest BCUT2D eigenvalue weighted by molar-refractivity contribution is 5.84. The quantitative estimate of drug-likeness (QED) is 0.557. The van der Waals surface area contributed by atoms with Gasteiger partial charge in [-0.05, 0) is 12.1 Å². The first kappa shape index (κ1) is 11.2. The summed E-state index contributed by atoms with van der Waals surface area (Å²) in [5.41, 5.74) is 0.155. The second-order valence-corrected chi connectivity index (χ2v) is 2.86. The summed E-state index contributed by atoms with van der Waals surface area (Å²) >= 11 is 0. The molecule has 80 valence electrons. The predicted molar refractivity (Wildman–Crippen MR) is 50.5 cm³/mol. The molecule has 0 saturated heterocycles. The van der Waals surface area contributed by atoms with Crippen LogP contribution < -0.4 is 0 Å².